The van der Waals surface area contributed by atoms with Gasteiger partial charge in [-0.15, -0.1) is 15.3 Å². The van der Waals surface area contributed by atoms with Gasteiger partial charge in [-0.1, -0.05) is 35.5 Å². The first kappa shape index (κ1) is 19.7. The van der Waals surface area contributed by atoms with Crippen molar-refractivity contribution in [3.05, 3.63) is 83.3 Å². The van der Waals surface area contributed by atoms with E-state index in [1.165, 1.54) is 0 Å². The molecule has 2 heterocycles. The maximum absolute atomic E-state index is 12.5. The lowest BCUT2D eigenvalue weighted by atomic mass is 10.1. The molecule has 5 rings (SSSR count). The molecule has 0 spiro atoms. The lowest BCUT2D eigenvalue weighted by Gasteiger charge is -2.17. The van der Waals surface area contributed by atoms with Gasteiger partial charge in [-0.3, -0.25) is 10.2 Å². The Kier molecular flexibility index (Phi) is 5.22. The SMILES string of the molecule is COc1ccc2cc(C=C3NN(Nc4ccc(Cc5nn[nH]n5)cc4)CC3=O)ccc2c1. The van der Waals surface area contributed by atoms with E-state index in [2.05, 4.69) is 37.5 Å². The molecule has 3 aromatic carbocycles. The number of methoxy groups -OCH3 is 1. The van der Waals surface area contributed by atoms with Gasteiger partial charge in [0.05, 0.1) is 18.5 Å². The maximum atomic E-state index is 12.5. The number of benzene rings is 3. The average Bonchev–Trinajstić information content (AvgIpc) is 3.44. The Morgan fingerprint density at radius 2 is 1.91 bits per heavy atom. The molecule has 0 radical (unpaired) electrons. The number of hydrogen-bond acceptors (Lipinski definition) is 8. The van der Waals surface area contributed by atoms with Crippen molar-refractivity contribution in [2.45, 2.75) is 6.42 Å². The Morgan fingerprint density at radius 1 is 1.09 bits per heavy atom. The van der Waals surface area contributed by atoms with Crippen LogP contribution in [-0.4, -0.2) is 45.2 Å². The lowest BCUT2D eigenvalue weighted by molar-refractivity contribution is -0.114. The largest absolute Gasteiger partial charge is 0.497 e. The number of ether oxygens (including phenoxy) is 1. The Labute approximate surface area is 184 Å². The summed E-state index contributed by atoms with van der Waals surface area (Å²) in [6, 6.07) is 19.8. The van der Waals surface area contributed by atoms with Crippen LogP contribution in [0.15, 0.2) is 66.4 Å². The number of nitrogens with zero attached hydrogens (tertiary/aromatic N) is 4. The van der Waals surface area contributed by atoms with E-state index in [1.54, 1.807) is 12.2 Å². The van der Waals surface area contributed by atoms with Crippen molar-refractivity contribution < 1.29 is 9.53 Å². The van der Waals surface area contributed by atoms with Crippen LogP contribution in [0.4, 0.5) is 5.69 Å². The van der Waals surface area contributed by atoms with E-state index in [1.807, 2.05) is 60.7 Å². The molecule has 1 aromatic heterocycles. The number of Topliss-reactive ketones (excluding diaryl/α,β-unsaturated/α-hetero) is 1. The topological polar surface area (TPSA) is 108 Å². The number of hydrazine groups is 2. The molecule has 1 aliphatic heterocycles. The van der Waals surface area contributed by atoms with Gasteiger partial charge in [0.25, 0.3) is 0 Å². The van der Waals surface area contributed by atoms with E-state index in [9.17, 15) is 4.79 Å². The summed E-state index contributed by atoms with van der Waals surface area (Å²) in [5, 5.41) is 17.8. The molecule has 0 bridgehead atoms. The van der Waals surface area contributed by atoms with Gasteiger partial charge in [0.1, 0.15) is 12.3 Å². The Hall–Kier alpha value is -4.24. The Balaban J connectivity index is 1.25. The predicted molar refractivity (Wildman–Crippen MR) is 120 cm³/mol. The molecule has 0 atom stereocenters. The van der Waals surface area contributed by atoms with Crippen LogP contribution >= 0.6 is 0 Å². The molecule has 1 fully saturated rings. The number of carbonyl (C=O) groups is 1. The van der Waals surface area contributed by atoms with E-state index < -0.39 is 0 Å². The van der Waals surface area contributed by atoms with Gasteiger partial charge in [-0.2, -0.15) is 5.21 Å². The van der Waals surface area contributed by atoms with Crippen LogP contribution in [0.2, 0.25) is 0 Å². The number of tetrazole rings is 1. The van der Waals surface area contributed by atoms with Crippen LogP contribution in [0.5, 0.6) is 5.75 Å². The highest BCUT2D eigenvalue weighted by Gasteiger charge is 2.24. The first-order valence-corrected chi connectivity index (χ1v) is 10.1. The second-order valence-electron chi connectivity index (χ2n) is 7.47. The number of ketones is 1. The number of rotatable bonds is 6. The second kappa shape index (κ2) is 8.48. The van der Waals surface area contributed by atoms with Gasteiger partial charge in [0.2, 0.25) is 0 Å². The molecule has 9 heteroatoms. The zero-order valence-electron chi connectivity index (χ0n) is 17.4. The molecular weight excluding hydrogens is 406 g/mol. The number of carbonyl (C=O) groups excluding carboxylic acids is 1. The van der Waals surface area contributed by atoms with Gasteiger partial charge in [-0.25, -0.2) is 0 Å². The van der Waals surface area contributed by atoms with Crippen molar-refractivity contribution in [1.82, 2.24) is 31.2 Å². The second-order valence-corrected chi connectivity index (χ2v) is 7.47. The Bertz CT molecular complexity index is 1280. The Morgan fingerprint density at radius 3 is 2.69 bits per heavy atom. The van der Waals surface area contributed by atoms with Crippen molar-refractivity contribution in [3.63, 3.8) is 0 Å². The number of nitrogens with one attached hydrogen (secondary N) is 3. The molecule has 3 N–H and O–H groups in total. The average molecular weight is 427 g/mol. The number of fused-ring (bicyclic) bond motifs is 1. The van der Waals surface area contributed by atoms with Crippen molar-refractivity contribution in [2.24, 2.45) is 0 Å². The highest BCUT2D eigenvalue weighted by atomic mass is 16.5. The third-order valence-corrected chi connectivity index (χ3v) is 5.21. The zero-order valence-corrected chi connectivity index (χ0v) is 17.4. The molecular formula is C23H21N7O2. The van der Waals surface area contributed by atoms with E-state index in [0.29, 0.717) is 17.9 Å². The first-order valence-electron chi connectivity index (χ1n) is 10.1. The number of hydrogen-bond donors (Lipinski definition) is 3. The molecule has 0 saturated carbocycles. The summed E-state index contributed by atoms with van der Waals surface area (Å²) in [6.07, 6.45) is 2.46. The highest BCUT2D eigenvalue weighted by Crippen LogP contribution is 2.23. The third kappa shape index (κ3) is 4.28. The van der Waals surface area contributed by atoms with E-state index in [-0.39, 0.29) is 12.3 Å². The summed E-state index contributed by atoms with van der Waals surface area (Å²) in [4.78, 5) is 12.5. The van der Waals surface area contributed by atoms with E-state index in [0.717, 1.165) is 33.3 Å². The third-order valence-electron chi connectivity index (χ3n) is 5.21. The first-order chi connectivity index (χ1) is 15.7. The number of aromatic nitrogens is 4. The highest BCUT2D eigenvalue weighted by molar-refractivity contribution is 6.02. The summed E-state index contributed by atoms with van der Waals surface area (Å²) >= 11 is 0. The monoisotopic (exact) mass is 427 g/mol. The minimum atomic E-state index is 0.0149. The fourth-order valence-electron chi connectivity index (χ4n) is 3.57. The standard InChI is InChI=1S/C23H21N7O2/c1-32-20-9-6-17-10-16(2-5-18(17)13-20)11-21-22(31)14-30(27-21)26-19-7-3-15(4-8-19)12-23-24-28-29-25-23/h2-11,13,26-27H,12,14H2,1H3,(H,24,25,28,29). The number of H-pyrrole nitrogens is 1. The number of aromatic amines is 1. The van der Waals surface area contributed by atoms with Gasteiger partial charge in [0.15, 0.2) is 11.6 Å². The van der Waals surface area contributed by atoms with Gasteiger partial charge in [-0.05, 0) is 58.3 Å². The summed E-state index contributed by atoms with van der Waals surface area (Å²) in [6.45, 7) is 0.223. The maximum Gasteiger partial charge on any atom is 0.197 e. The molecule has 4 aromatic rings. The van der Waals surface area contributed by atoms with Crippen LogP contribution < -0.4 is 15.6 Å². The van der Waals surface area contributed by atoms with Crippen molar-refractivity contribution >= 4 is 28.3 Å². The van der Waals surface area contributed by atoms with Crippen LogP contribution in [-0.2, 0) is 11.2 Å². The summed E-state index contributed by atoms with van der Waals surface area (Å²) in [5.41, 5.74) is 9.77. The quantitative estimate of drug-likeness (QED) is 0.403. The molecule has 0 amide bonds. The van der Waals surface area contributed by atoms with Gasteiger partial charge < -0.3 is 10.2 Å². The van der Waals surface area contributed by atoms with Crippen LogP contribution in [0, 0.1) is 0 Å². The van der Waals surface area contributed by atoms with Crippen LogP contribution in [0.1, 0.15) is 17.0 Å². The summed E-state index contributed by atoms with van der Waals surface area (Å²) in [5.74, 6) is 1.47. The number of anilines is 1. The van der Waals surface area contributed by atoms with Crippen LogP contribution in [0.25, 0.3) is 16.8 Å². The zero-order chi connectivity index (χ0) is 21.9. The molecule has 0 aliphatic carbocycles. The summed E-state index contributed by atoms with van der Waals surface area (Å²) in [7, 11) is 1.65. The van der Waals surface area contributed by atoms with E-state index >= 15 is 0 Å². The minimum absolute atomic E-state index is 0.0149. The lowest BCUT2D eigenvalue weighted by Crippen LogP contribution is -2.35. The fraction of sp³-hybridized carbons (Fsp3) is 0.130. The van der Waals surface area contributed by atoms with E-state index in [4.69, 9.17) is 4.74 Å². The van der Waals surface area contributed by atoms with Gasteiger partial charge >= 0.3 is 0 Å². The smallest absolute Gasteiger partial charge is 0.197 e. The molecule has 160 valence electrons. The summed E-state index contributed by atoms with van der Waals surface area (Å²) < 4.78 is 5.28. The molecule has 1 saturated heterocycles. The molecule has 0 unspecified atom stereocenters. The van der Waals surface area contributed by atoms with Crippen molar-refractivity contribution in [1.29, 1.82) is 0 Å². The minimum Gasteiger partial charge on any atom is -0.497 e. The normalized spacial score (nSPS) is 15.3. The van der Waals surface area contributed by atoms with Crippen LogP contribution in [0.3, 0.4) is 0 Å². The van der Waals surface area contributed by atoms with Crippen molar-refractivity contribution in [2.75, 3.05) is 19.1 Å². The van der Waals surface area contributed by atoms with Gasteiger partial charge in [0, 0.05) is 6.42 Å². The molecule has 1 aliphatic rings. The molecule has 9 nitrogen and oxygen atoms in total. The molecule has 32 heavy (non-hydrogen) atoms. The fourth-order valence-corrected chi connectivity index (χ4v) is 3.57. The predicted octanol–water partition coefficient (Wildman–Crippen LogP) is 2.71. The van der Waals surface area contributed by atoms with Crippen molar-refractivity contribution in [3.8, 4) is 5.75 Å².